The summed E-state index contributed by atoms with van der Waals surface area (Å²) in [4.78, 5) is 12.7. The van der Waals surface area contributed by atoms with E-state index in [1.165, 1.54) is 4.68 Å². The third-order valence-electron chi connectivity index (χ3n) is 4.20. The van der Waals surface area contributed by atoms with Gasteiger partial charge >= 0.3 is 29.6 Å². The molecule has 0 aliphatic rings. The predicted molar refractivity (Wildman–Crippen MR) is 99.4 cm³/mol. The summed E-state index contributed by atoms with van der Waals surface area (Å²) in [6.07, 6.45) is 0. The van der Waals surface area contributed by atoms with Gasteiger partial charge in [0.2, 0.25) is 0 Å². The Morgan fingerprint density at radius 1 is 1.00 bits per heavy atom. The summed E-state index contributed by atoms with van der Waals surface area (Å²) in [5.41, 5.74) is 2.94. The Morgan fingerprint density at radius 2 is 1.56 bits per heavy atom. The molecule has 0 saturated heterocycles. The minimum Gasteiger partial charge on any atom is -0.747 e. The van der Waals surface area contributed by atoms with Gasteiger partial charge in [-0.25, -0.2) is 13.1 Å². The number of nitrogens with one attached hydrogen (secondary N) is 1. The van der Waals surface area contributed by atoms with E-state index in [4.69, 9.17) is 0 Å². The molecular weight excluding hydrogens is 377 g/mol. The van der Waals surface area contributed by atoms with Gasteiger partial charge in [0.1, 0.15) is 21.7 Å². The molecule has 0 bridgehead atoms. The molecule has 9 heteroatoms. The van der Waals surface area contributed by atoms with Crippen molar-refractivity contribution in [1.29, 1.82) is 0 Å². The molecule has 2 aromatic carbocycles. The Balaban J connectivity index is 0.00000261. The average molecular weight is 395 g/mol. The molecule has 0 aliphatic carbocycles. The minimum atomic E-state index is -4.48. The Hall–Kier alpha value is -1.84. The zero-order chi connectivity index (χ0) is 18.9. The monoisotopic (exact) mass is 395 g/mol. The molecule has 0 aliphatic heterocycles. The maximum atomic E-state index is 12.7. The number of nitrogens with zero attached hydrogens (tertiary/aromatic N) is 2. The second-order valence-corrected chi connectivity index (χ2v) is 7.30. The van der Waals surface area contributed by atoms with Gasteiger partial charge in [-0.1, -0.05) is 42.5 Å². The SMILES string of the molecule is Cc1c(NCS(=O)(=O)[O-])c(=O)n(-c2ccc(-c3ccccc3)cc2)n1C.[Na+]. The van der Waals surface area contributed by atoms with Gasteiger partial charge in [0.25, 0.3) is 5.56 Å². The van der Waals surface area contributed by atoms with E-state index >= 15 is 0 Å². The van der Waals surface area contributed by atoms with Gasteiger partial charge in [0.05, 0.1) is 11.4 Å². The van der Waals surface area contributed by atoms with E-state index in [1.807, 2.05) is 54.6 Å². The molecule has 3 aromatic rings. The first-order chi connectivity index (χ1) is 12.3. The van der Waals surface area contributed by atoms with Gasteiger partial charge in [0, 0.05) is 7.05 Å². The van der Waals surface area contributed by atoms with Crippen LogP contribution in [-0.4, -0.2) is 28.2 Å². The summed E-state index contributed by atoms with van der Waals surface area (Å²) in [5, 5.41) is 2.43. The molecule has 1 N–H and O–H groups in total. The van der Waals surface area contributed by atoms with Crippen molar-refractivity contribution in [2.75, 3.05) is 11.2 Å². The molecule has 1 heterocycles. The number of benzene rings is 2. The van der Waals surface area contributed by atoms with Crippen LogP contribution < -0.4 is 40.4 Å². The first-order valence-corrected chi connectivity index (χ1v) is 9.47. The van der Waals surface area contributed by atoms with Crippen LogP contribution in [0.2, 0.25) is 0 Å². The number of hydrogen-bond acceptors (Lipinski definition) is 5. The summed E-state index contributed by atoms with van der Waals surface area (Å²) < 4.78 is 35.5. The Morgan fingerprint density at radius 3 is 2.11 bits per heavy atom. The molecule has 7 nitrogen and oxygen atoms in total. The molecule has 0 fully saturated rings. The molecule has 27 heavy (non-hydrogen) atoms. The molecule has 136 valence electrons. The van der Waals surface area contributed by atoms with Crippen molar-refractivity contribution in [2.45, 2.75) is 6.92 Å². The van der Waals surface area contributed by atoms with Crippen LogP contribution in [0, 0.1) is 6.92 Å². The summed E-state index contributed by atoms with van der Waals surface area (Å²) in [7, 11) is -2.79. The number of rotatable bonds is 5. The first kappa shape index (κ1) is 21.5. The van der Waals surface area contributed by atoms with E-state index in [-0.39, 0.29) is 35.2 Å². The third-order valence-corrected chi connectivity index (χ3v) is 4.70. The average Bonchev–Trinajstić information content (AvgIpc) is 2.83. The summed E-state index contributed by atoms with van der Waals surface area (Å²) >= 11 is 0. The van der Waals surface area contributed by atoms with Crippen molar-refractivity contribution in [3.05, 3.63) is 70.6 Å². The fourth-order valence-electron chi connectivity index (χ4n) is 2.79. The molecule has 0 amide bonds. The molecule has 0 saturated carbocycles. The number of aromatic nitrogens is 2. The third kappa shape index (κ3) is 4.72. The molecule has 0 unspecified atom stereocenters. The summed E-state index contributed by atoms with van der Waals surface area (Å²) in [6.45, 7) is 1.68. The second kappa shape index (κ2) is 8.45. The van der Waals surface area contributed by atoms with Gasteiger partial charge in [-0.05, 0) is 30.2 Å². The number of hydrogen-bond donors (Lipinski definition) is 1. The van der Waals surface area contributed by atoms with Crippen molar-refractivity contribution < 1.29 is 42.5 Å². The maximum Gasteiger partial charge on any atom is 1.00 e. The van der Waals surface area contributed by atoms with E-state index in [9.17, 15) is 17.8 Å². The van der Waals surface area contributed by atoms with Crippen molar-refractivity contribution in [1.82, 2.24) is 9.36 Å². The zero-order valence-electron chi connectivity index (χ0n) is 15.3. The fourth-order valence-corrected chi connectivity index (χ4v) is 3.11. The zero-order valence-corrected chi connectivity index (χ0v) is 18.2. The van der Waals surface area contributed by atoms with E-state index in [2.05, 4.69) is 5.32 Å². The Kier molecular flexibility index (Phi) is 6.72. The quantitative estimate of drug-likeness (QED) is 0.445. The van der Waals surface area contributed by atoms with Crippen LogP contribution in [-0.2, 0) is 17.2 Å². The second-order valence-electron chi connectivity index (χ2n) is 5.89. The molecule has 0 radical (unpaired) electrons. The van der Waals surface area contributed by atoms with Crippen LogP contribution in [0.4, 0.5) is 5.69 Å². The Bertz CT molecular complexity index is 1090. The Labute approximate surface area is 179 Å². The van der Waals surface area contributed by atoms with Crippen LogP contribution in [0.1, 0.15) is 5.69 Å². The van der Waals surface area contributed by atoms with E-state index in [0.717, 1.165) is 11.1 Å². The van der Waals surface area contributed by atoms with Gasteiger partial charge in [-0.2, -0.15) is 0 Å². The van der Waals surface area contributed by atoms with E-state index in [0.29, 0.717) is 11.4 Å². The van der Waals surface area contributed by atoms with Gasteiger partial charge in [-0.15, -0.1) is 0 Å². The van der Waals surface area contributed by atoms with E-state index in [1.54, 1.807) is 18.7 Å². The van der Waals surface area contributed by atoms with Crippen molar-refractivity contribution in [2.24, 2.45) is 7.05 Å². The summed E-state index contributed by atoms with van der Waals surface area (Å²) in [6, 6.07) is 17.3. The molecule has 1 aromatic heterocycles. The van der Waals surface area contributed by atoms with Gasteiger partial charge in [-0.3, -0.25) is 9.48 Å². The summed E-state index contributed by atoms with van der Waals surface area (Å²) in [5.74, 6) is -0.833. The molecule has 0 atom stereocenters. The molecular formula is C18H18N3NaO4S. The minimum absolute atomic E-state index is 0. The van der Waals surface area contributed by atoms with Gasteiger partial charge < -0.3 is 9.87 Å². The van der Waals surface area contributed by atoms with Crippen molar-refractivity contribution in [3.63, 3.8) is 0 Å². The standard InChI is InChI=1S/C18H19N3O4S.Na/c1-13-17(19-12-26(23,24)25)18(22)21(20(13)2)16-10-8-15(9-11-16)14-6-4-3-5-7-14;/h3-11,19H,12H2,1-2H3,(H,23,24,25);/q;+1/p-1. The van der Waals surface area contributed by atoms with Crippen molar-refractivity contribution >= 4 is 15.8 Å². The first-order valence-electron chi connectivity index (χ1n) is 7.90. The molecule has 0 spiro atoms. The van der Waals surface area contributed by atoms with Crippen LogP contribution in [0.5, 0.6) is 0 Å². The maximum absolute atomic E-state index is 12.7. The molecule has 3 rings (SSSR count). The predicted octanol–water partition coefficient (Wildman–Crippen LogP) is -0.930. The fraction of sp³-hybridized carbons (Fsp3) is 0.167. The van der Waals surface area contributed by atoms with Gasteiger partial charge in [0.15, 0.2) is 0 Å². The number of anilines is 1. The normalized spacial score (nSPS) is 11.1. The van der Waals surface area contributed by atoms with Crippen LogP contribution >= 0.6 is 0 Å². The van der Waals surface area contributed by atoms with Crippen LogP contribution in [0.3, 0.4) is 0 Å². The van der Waals surface area contributed by atoms with Crippen LogP contribution in [0.25, 0.3) is 16.8 Å². The largest absolute Gasteiger partial charge is 1.00 e. The van der Waals surface area contributed by atoms with Crippen molar-refractivity contribution in [3.8, 4) is 16.8 Å². The van der Waals surface area contributed by atoms with Crippen LogP contribution in [0.15, 0.2) is 59.4 Å². The van der Waals surface area contributed by atoms with E-state index < -0.39 is 21.6 Å². The topological polar surface area (TPSA) is 96.2 Å². The smallest absolute Gasteiger partial charge is 0.747 e.